The fraction of sp³-hybridized carbons (Fsp3) is 0.533. The Morgan fingerprint density at radius 1 is 1.40 bits per heavy atom. The summed E-state index contributed by atoms with van der Waals surface area (Å²) in [6.45, 7) is 5.30. The fourth-order valence-corrected chi connectivity index (χ4v) is 2.73. The summed E-state index contributed by atoms with van der Waals surface area (Å²) in [4.78, 5) is 10.8. The summed E-state index contributed by atoms with van der Waals surface area (Å²) in [5, 5.41) is 9.43. The minimum absolute atomic E-state index is 0.0546. The van der Waals surface area contributed by atoms with E-state index in [-0.39, 0.29) is 12.3 Å². The second-order valence-corrected chi connectivity index (χ2v) is 5.58. The number of rotatable bonds is 4. The van der Waals surface area contributed by atoms with Crippen molar-refractivity contribution in [2.75, 3.05) is 13.2 Å². The van der Waals surface area contributed by atoms with Crippen LogP contribution < -0.4 is 9.47 Å². The summed E-state index contributed by atoms with van der Waals surface area (Å²) >= 11 is 6.32. The molecule has 0 amide bonds. The number of benzene rings is 1. The molecule has 1 aromatic rings. The lowest BCUT2D eigenvalue weighted by Crippen LogP contribution is -2.06. The first kappa shape index (κ1) is 15.0. The van der Waals surface area contributed by atoms with Gasteiger partial charge in [-0.1, -0.05) is 25.4 Å². The van der Waals surface area contributed by atoms with Gasteiger partial charge < -0.3 is 14.6 Å². The number of carboxylic acids is 1. The average molecular weight is 299 g/mol. The van der Waals surface area contributed by atoms with E-state index in [2.05, 4.69) is 0 Å². The molecule has 1 aliphatic heterocycles. The molecule has 0 aromatic heterocycles. The first-order valence-corrected chi connectivity index (χ1v) is 7.21. The lowest BCUT2D eigenvalue weighted by molar-refractivity contribution is -0.136. The van der Waals surface area contributed by atoms with E-state index in [1.165, 1.54) is 0 Å². The van der Waals surface area contributed by atoms with Crippen LogP contribution in [0.1, 0.15) is 43.7 Å². The second-order valence-electron chi connectivity index (χ2n) is 5.18. The van der Waals surface area contributed by atoms with Crippen molar-refractivity contribution in [2.45, 2.75) is 39.0 Å². The third kappa shape index (κ3) is 3.18. The number of carbonyl (C=O) groups is 1. The van der Waals surface area contributed by atoms with E-state index < -0.39 is 5.97 Å². The van der Waals surface area contributed by atoms with Gasteiger partial charge in [0.15, 0.2) is 11.5 Å². The molecule has 1 aromatic carbocycles. The molecule has 1 aliphatic rings. The van der Waals surface area contributed by atoms with Gasteiger partial charge in [-0.2, -0.15) is 0 Å². The van der Waals surface area contributed by atoms with E-state index in [9.17, 15) is 4.79 Å². The molecule has 0 atom stereocenters. The fourth-order valence-electron chi connectivity index (χ4n) is 2.43. The summed E-state index contributed by atoms with van der Waals surface area (Å²) in [5.74, 6) is 0.744. The zero-order chi connectivity index (χ0) is 14.7. The van der Waals surface area contributed by atoms with E-state index in [1.807, 2.05) is 13.8 Å². The molecule has 1 heterocycles. The highest BCUT2D eigenvalue weighted by atomic mass is 35.5. The van der Waals surface area contributed by atoms with Crippen molar-refractivity contribution in [3.63, 3.8) is 0 Å². The molecule has 1 N–H and O–H groups in total. The van der Waals surface area contributed by atoms with E-state index in [0.717, 1.165) is 23.3 Å². The van der Waals surface area contributed by atoms with E-state index in [1.54, 1.807) is 6.07 Å². The van der Waals surface area contributed by atoms with Crippen molar-refractivity contribution < 1.29 is 19.4 Å². The minimum Gasteiger partial charge on any atom is -0.489 e. The number of hydrogen-bond acceptors (Lipinski definition) is 3. The van der Waals surface area contributed by atoms with Crippen molar-refractivity contribution >= 4 is 17.6 Å². The lowest BCUT2D eigenvalue weighted by atomic mass is 9.92. The Hall–Kier alpha value is -1.42. The quantitative estimate of drug-likeness (QED) is 0.922. The van der Waals surface area contributed by atoms with Gasteiger partial charge in [0.05, 0.1) is 13.2 Å². The van der Waals surface area contributed by atoms with Crippen LogP contribution >= 0.6 is 11.6 Å². The first-order valence-electron chi connectivity index (χ1n) is 6.83. The Bertz CT molecular complexity index is 511. The molecule has 5 heteroatoms. The molecule has 0 aliphatic carbocycles. The molecule has 4 nitrogen and oxygen atoms in total. The molecule has 0 saturated heterocycles. The normalized spacial score (nSPS) is 14.2. The molecule has 0 spiro atoms. The van der Waals surface area contributed by atoms with Crippen molar-refractivity contribution in [3.05, 3.63) is 22.2 Å². The molecule has 110 valence electrons. The predicted octanol–water partition coefficient (Wildman–Crippen LogP) is 3.64. The van der Waals surface area contributed by atoms with E-state index in [0.29, 0.717) is 30.4 Å². The largest absolute Gasteiger partial charge is 0.489 e. The summed E-state index contributed by atoms with van der Waals surface area (Å²) in [6, 6.07) is 1.74. The van der Waals surface area contributed by atoms with Gasteiger partial charge in [0.25, 0.3) is 0 Å². The second kappa shape index (κ2) is 6.35. The van der Waals surface area contributed by atoms with Crippen molar-refractivity contribution in [1.29, 1.82) is 0 Å². The van der Waals surface area contributed by atoms with Crippen molar-refractivity contribution in [3.8, 4) is 11.5 Å². The zero-order valence-electron chi connectivity index (χ0n) is 11.7. The number of hydrogen-bond donors (Lipinski definition) is 1. The number of fused-ring (bicyclic) bond motifs is 1. The highest BCUT2D eigenvalue weighted by molar-refractivity contribution is 6.31. The van der Waals surface area contributed by atoms with Gasteiger partial charge in [-0.05, 0) is 17.9 Å². The van der Waals surface area contributed by atoms with E-state index in [4.69, 9.17) is 26.2 Å². The SMILES string of the molecule is CC(C)c1c(CCC(=O)O)c(Cl)cc2c1OCCCO2. The van der Waals surface area contributed by atoms with Gasteiger partial charge in [-0.3, -0.25) is 4.79 Å². The molecular weight excluding hydrogens is 280 g/mol. The summed E-state index contributed by atoms with van der Waals surface area (Å²) in [6.07, 6.45) is 1.28. The number of halogens is 1. The topological polar surface area (TPSA) is 55.8 Å². The van der Waals surface area contributed by atoms with Crippen LogP contribution in [-0.4, -0.2) is 24.3 Å². The molecule has 0 unspecified atom stereocenters. The van der Waals surface area contributed by atoms with Gasteiger partial charge in [0.2, 0.25) is 0 Å². The molecule has 2 rings (SSSR count). The first-order chi connectivity index (χ1) is 9.50. The summed E-state index contributed by atoms with van der Waals surface area (Å²) in [7, 11) is 0. The number of aliphatic carboxylic acids is 1. The molecule has 0 saturated carbocycles. The zero-order valence-corrected chi connectivity index (χ0v) is 12.5. The standard InChI is InChI=1S/C15H19ClO4/c1-9(2)14-10(4-5-13(17)18)11(16)8-12-15(14)20-7-3-6-19-12/h8-9H,3-7H2,1-2H3,(H,17,18). The van der Waals surface area contributed by atoms with Gasteiger partial charge in [-0.25, -0.2) is 0 Å². The van der Waals surface area contributed by atoms with Crippen LogP contribution in [0.25, 0.3) is 0 Å². The van der Waals surface area contributed by atoms with E-state index >= 15 is 0 Å². The monoisotopic (exact) mass is 298 g/mol. The van der Waals surface area contributed by atoms with Gasteiger partial charge in [-0.15, -0.1) is 0 Å². The number of carboxylic acid groups (broad SMARTS) is 1. The van der Waals surface area contributed by atoms with Crippen LogP contribution in [-0.2, 0) is 11.2 Å². The minimum atomic E-state index is -0.831. The highest BCUT2D eigenvalue weighted by Crippen LogP contribution is 2.43. The third-order valence-corrected chi connectivity index (χ3v) is 3.64. The predicted molar refractivity (Wildman–Crippen MR) is 77.1 cm³/mol. The van der Waals surface area contributed by atoms with Gasteiger partial charge >= 0.3 is 5.97 Å². The molecular formula is C15H19ClO4. The van der Waals surface area contributed by atoms with Crippen LogP contribution in [0.3, 0.4) is 0 Å². The Morgan fingerprint density at radius 3 is 2.75 bits per heavy atom. The molecule has 0 fully saturated rings. The summed E-state index contributed by atoms with van der Waals surface area (Å²) < 4.78 is 11.5. The van der Waals surface area contributed by atoms with Crippen LogP contribution in [0.2, 0.25) is 5.02 Å². The smallest absolute Gasteiger partial charge is 0.303 e. The maximum absolute atomic E-state index is 10.8. The third-order valence-electron chi connectivity index (χ3n) is 3.30. The lowest BCUT2D eigenvalue weighted by Gasteiger charge is -2.20. The van der Waals surface area contributed by atoms with Crippen LogP contribution in [0, 0.1) is 0 Å². The van der Waals surface area contributed by atoms with Crippen molar-refractivity contribution in [1.82, 2.24) is 0 Å². The number of ether oxygens (including phenoxy) is 2. The maximum Gasteiger partial charge on any atom is 0.303 e. The van der Waals surface area contributed by atoms with Crippen LogP contribution in [0.15, 0.2) is 6.07 Å². The molecule has 0 bridgehead atoms. The Kier molecular flexibility index (Phi) is 4.76. The summed E-state index contributed by atoms with van der Waals surface area (Å²) in [5.41, 5.74) is 1.82. The maximum atomic E-state index is 10.8. The van der Waals surface area contributed by atoms with Gasteiger partial charge in [0, 0.05) is 29.5 Å². The Labute approximate surface area is 123 Å². The van der Waals surface area contributed by atoms with Crippen LogP contribution in [0.4, 0.5) is 0 Å². The Morgan fingerprint density at radius 2 is 2.10 bits per heavy atom. The molecule has 20 heavy (non-hydrogen) atoms. The highest BCUT2D eigenvalue weighted by Gasteiger charge is 2.23. The molecule has 0 radical (unpaired) electrons. The van der Waals surface area contributed by atoms with Crippen LogP contribution in [0.5, 0.6) is 11.5 Å². The van der Waals surface area contributed by atoms with Gasteiger partial charge in [0.1, 0.15) is 0 Å². The van der Waals surface area contributed by atoms with Crippen molar-refractivity contribution in [2.24, 2.45) is 0 Å². The average Bonchev–Trinajstić information content (AvgIpc) is 2.59. The Balaban J connectivity index is 2.49.